The quantitative estimate of drug-likeness (QED) is 0.381. The van der Waals surface area contributed by atoms with E-state index in [1.807, 2.05) is 0 Å². The molecule has 0 heterocycles. The fraction of sp³-hybridized carbons (Fsp3) is 0.333. The van der Waals surface area contributed by atoms with Gasteiger partial charge in [-0.2, -0.15) is 39.5 Å². The Morgan fingerprint density at radius 2 is 1.34 bits per heavy atom. The molecule has 1 radical (unpaired) electrons. The largest absolute Gasteiger partial charge is 0.435 e. The van der Waals surface area contributed by atoms with Gasteiger partial charge >= 0.3 is 24.2 Å². The van der Waals surface area contributed by atoms with E-state index >= 15 is 0 Å². The van der Waals surface area contributed by atoms with E-state index in [0.717, 1.165) is 12.1 Å². The molecule has 0 nitrogen and oxygen atoms in total. The summed E-state index contributed by atoms with van der Waals surface area (Å²) in [6.45, 7) is 1.35. The van der Waals surface area contributed by atoms with E-state index in [9.17, 15) is 43.9 Å². The summed E-state index contributed by atoms with van der Waals surface area (Å²) < 4.78 is 134. The summed E-state index contributed by atoms with van der Waals surface area (Å²) in [6.07, 6.45) is -18.2. The average Bonchev–Trinajstić information content (AvgIpc) is 2.57. The molecule has 11 heteroatoms. The summed E-state index contributed by atoms with van der Waals surface area (Å²) >= 11 is 2.68. The van der Waals surface area contributed by atoms with Gasteiger partial charge in [-0.25, -0.2) is 4.39 Å². The Morgan fingerprint density at radius 3 is 1.79 bits per heavy atom. The van der Waals surface area contributed by atoms with Crippen molar-refractivity contribution in [3.05, 3.63) is 57.6 Å². The van der Waals surface area contributed by atoms with Crippen molar-refractivity contribution in [2.24, 2.45) is 0 Å². The Labute approximate surface area is 166 Å². The second-order valence-corrected chi connectivity index (χ2v) is 6.74. The smallest absolute Gasteiger partial charge is 0.218 e. The van der Waals surface area contributed by atoms with Gasteiger partial charge in [-0.1, -0.05) is 31.2 Å². The van der Waals surface area contributed by atoms with Gasteiger partial charge in [-0.15, -0.1) is 0 Å². The van der Waals surface area contributed by atoms with Crippen LogP contribution in [0.25, 0.3) is 11.1 Å². The maximum absolute atomic E-state index is 14.8. The van der Waals surface area contributed by atoms with E-state index in [2.05, 4.69) is 22.0 Å². The van der Waals surface area contributed by atoms with Gasteiger partial charge in [0, 0.05) is 21.7 Å². The summed E-state index contributed by atoms with van der Waals surface area (Å²) in [4.78, 5) is 0. The predicted octanol–water partition coefficient (Wildman–Crippen LogP) is 7.79. The van der Waals surface area contributed by atoms with Crippen LogP contribution < -0.4 is 0 Å². The first-order valence-corrected chi connectivity index (χ1v) is 8.59. The van der Waals surface area contributed by atoms with E-state index in [-0.39, 0.29) is 18.1 Å². The van der Waals surface area contributed by atoms with E-state index in [0.29, 0.717) is 12.1 Å². The Balaban J connectivity index is 3.06. The van der Waals surface area contributed by atoms with Gasteiger partial charge < -0.3 is 0 Å². The molecule has 159 valence electrons. The molecule has 0 bridgehead atoms. The number of aryl methyl sites for hydroxylation is 1. The average molecular weight is 496 g/mol. The Morgan fingerprint density at radius 1 is 0.828 bits per heavy atom. The molecule has 2 aromatic carbocycles. The predicted molar refractivity (Wildman–Crippen MR) is 87.7 cm³/mol. The second kappa shape index (κ2) is 7.48. The first kappa shape index (κ1) is 23.5. The van der Waals surface area contributed by atoms with Crippen molar-refractivity contribution in [2.45, 2.75) is 37.5 Å². The van der Waals surface area contributed by atoms with Crippen molar-refractivity contribution >= 4 is 15.9 Å². The van der Waals surface area contributed by atoms with Crippen molar-refractivity contribution in [3.63, 3.8) is 0 Å². The van der Waals surface area contributed by atoms with Gasteiger partial charge in [-0.3, -0.25) is 0 Å². The third-order valence-electron chi connectivity index (χ3n) is 4.11. The standard InChI is InChI=1S/C18H10BrF10/c1-2-9-7-12(15(20,17(24,25)26)18(27,28)29)14(13(19)8-9)10-5-3-4-6-11(10)16(21,22)23/h3-7H,2H2,1H3. The van der Waals surface area contributed by atoms with Crippen LogP contribution in [0.5, 0.6) is 0 Å². The maximum atomic E-state index is 14.8. The molecule has 0 saturated heterocycles. The zero-order chi connectivity index (χ0) is 22.4. The van der Waals surface area contributed by atoms with Gasteiger partial charge in [0.15, 0.2) is 0 Å². The van der Waals surface area contributed by atoms with Crippen molar-refractivity contribution in [1.29, 1.82) is 0 Å². The third-order valence-corrected chi connectivity index (χ3v) is 4.71. The molecule has 0 aliphatic rings. The van der Waals surface area contributed by atoms with Gasteiger partial charge in [0.05, 0.1) is 5.56 Å². The van der Waals surface area contributed by atoms with Crippen LogP contribution in [-0.4, -0.2) is 12.4 Å². The Hall–Kier alpha value is -1.78. The Bertz CT molecular complexity index is 879. The highest BCUT2D eigenvalue weighted by atomic mass is 79.9. The minimum atomic E-state index is -6.49. The van der Waals surface area contributed by atoms with Crippen molar-refractivity contribution in [3.8, 4) is 11.1 Å². The fourth-order valence-electron chi connectivity index (χ4n) is 2.74. The Kier molecular flexibility index (Phi) is 6.06. The molecule has 29 heavy (non-hydrogen) atoms. The summed E-state index contributed by atoms with van der Waals surface area (Å²) in [5.74, 6) is 0. The van der Waals surface area contributed by atoms with Crippen molar-refractivity contribution < 1.29 is 43.9 Å². The molecule has 0 aliphatic carbocycles. The fourth-order valence-corrected chi connectivity index (χ4v) is 3.43. The van der Waals surface area contributed by atoms with E-state index in [1.54, 1.807) is 0 Å². The van der Waals surface area contributed by atoms with Gasteiger partial charge in [0.25, 0.3) is 0 Å². The van der Waals surface area contributed by atoms with Crippen LogP contribution in [0.2, 0.25) is 0 Å². The summed E-state index contributed by atoms with van der Waals surface area (Å²) in [5.41, 5.74) is -11.9. The minimum Gasteiger partial charge on any atom is -0.218 e. The number of rotatable bonds is 3. The first-order valence-electron chi connectivity index (χ1n) is 7.79. The number of benzene rings is 2. The second-order valence-electron chi connectivity index (χ2n) is 5.95. The van der Waals surface area contributed by atoms with Gasteiger partial charge in [0.1, 0.15) is 0 Å². The minimum absolute atomic E-state index is 0.140. The molecule has 2 aromatic rings. The molecule has 2 rings (SSSR count). The van der Waals surface area contributed by atoms with Crippen molar-refractivity contribution in [2.75, 3.05) is 0 Å². The van der Waals surface area contributed by atoms with Gasteiger partial charge in [0.2, 0.25) is 0 Å². The molecule has 0 spiro atoms. The van der Waals surface area contributed by atoms with E-state index in [1.165, 1.54) is 6.92 Å². The third kappa shape index (κ3) is 4.10. The zero-order valence-electron chi connectivity index (χ0n) is 14.3. The van der Waals surface area contributed by atoms with Crippen LogP contribution in [-0.2, 0) is 18.3 Å². The van der Waals surface area contributed by atoms with Crippen molar-refractivity contribution in [1.82, 2.24) is 0 Å². The number of hydrogen-bond acceptors (Lipinski definition) is 0. The SMILES string of the molecule is CCc1[c]c(Br)c(-c2ccccc2C(F)(F)F)c(C(F)(C(F)(F)F)C(F)(F)F)c1. The van der Waals surface area contributed by atoms with Crippen LogP contribution in [0.4, 0.5) is 43.9 Å². The highest BCUT2D eigenvalue weighted by molar-refractivity contribution is 9.10. The summed E-state index contributed by atoms with van der Waals surface area (Å²) in [5, 5.41) is 0. The van der Waals surface area contributed by atoms with Crippen LogP contribution in [0, 0.1) is 6.07 Å². The lowest BCUT2D eigenvalue weighted by Gasteiger charge is -2.33. The monoisotopic (exact) mass is 495 g/mol. The van der Waals surface area contributed by atoms with Crippen LogP contribution in [0.15, 0.2) is 34.8 Å². The molecule has 0 amide bonds. The first-order chi connectivity index (χ1) is 13.1. The summed E-state index contributed by atoms with van der Waals surface area (Å²) in [7, 11) is 0. The maximum Gasteiger partial charge on any atom is 0.435 e. The molecule has 0 N–H and O–H groups in total. The van der Waals surface area contributed by atoms with Gasteiger partial charge in [-0.05, 0) is 39.5 Å². The number of halogens is 11. The summed E-state index contributed by atoms with van der Waals surface area (Å²) in [6, 6.07) is 5.63. The molecule has 0 fully saturated rings. The molecule has 0 aromatic heterocycles. The van der Waals surface area contributed by atoms with Crippen LogP contribution in [0.3, 0.4) is 0 Å². The number of alkyl halides is 10. The lowest BCUT2D eigenvalue weighted by atomic mass is 9.84. The molecule has 0 aliphatic heterocycles. The topological polar surface area (TPSA) is 0 Å². The normalized spacial score (nSPS) is 13.7. The van der Waals surface area contributed by atoms with E-state index in [4.69, 9.17) is 0 Å². The highest BCUT2D eigenvalue weighted by Crippen LogP contribution is 2.57. The lowest BCUT2D eigenvalue weighted by Crippen LogP contribution is -2.50. The molecule has 0 saturated carbocycles. The van der Waals surface area contributed by atoms with Crippen LogP contribution in [0.1, 0.15) is 23.6 Å². The molecule has 0 unspecified atom stereocenters. The molecule has 0 atom stereocenters. The lowest BCUT2D eigenvalue weighted by molar-refractivity contribution is -0.348. The van der Waals surface area contributed by atoms with Crippen LogP contribution >= 0.6 is 15.9 Å². The highest BCUT2D eigenvalue weighted by Gasteiger charge is 2.74. The van der Waals surface area contributed by atoms with E-state index < -0.39 is 50.9 Å². The molecular weight excluding hydrogens is 486 g/mol. The number of hydrogen-bond donors (Lipinski definition) is 0. The zero-order valence-corrected chi connectivity index (χ0v) is 15.8. The molecular formula is C18H10BrF10.